The van der Waals surface area contributed by atoms with Gasteiger partial charge in [-0.15, -0.1) is 0 Å². The minimum absolute atomic E-state index is 0.152. The normalized spacial score (nSPS) is 15.4. The molecular formula is C29H21F4N7. The Morgan fingerprint density at radius 3 is 2.58 bits per heavy atom. The first kappa shape index (κ1) is 24.4. The number of H-pyrrole nitrogens is 2. The van der Waals surface area contributed by atoms with E-state index < -0.39 is 11.7 Å². The Kier molecular flexibility index (Phi) is 5.63. The number of nitrogens with zero attached hydrogens (tertiary/aromatic N) is 5. The highest BCUT2D eigenvalue weighted by Gasteiger charge is 2.37. The Morgan fingerprint density at radius 2 is 1.77 bits per heavy atom. The van der Waals surface area contributed by atoms with Gasteiger partial charge in [0, 0.05) is 54.6 Å². The molecule has 0 radical (unpaired) electrons. The maximum Gasteiger partial charge on any atom is 0.261 e. The number of hydrogen-bond donors (Lipinski definition) is 2. The summed E-state index contributed by atoms with van der Waals surface area (Å²) in [6.45, 7) is 0.361. The predicted molar refractivity (Wildman–Crippen MR) is 142 cm³/mol. The fourth-order valence-corrected chi connectivity index (χ4v) is 5.23. The van der Waals surface area contributed by atoms with Crippen LogP contribution in [0.3, 0.4) is 0 Å². The van der Waals surface area contributed by atoms with Gasteiger partial charge in [0.25, 0.3) is 5.92 Å². The zero-order valence-electron chi connectivity index (χ0n) is 20.9. The van der Waals surface area contributed by atoms with Crippen molar-refractivity contribution in [3.05, 3.63) is 84.3 Å². The standard InChI is InChI=1S/C29H21F4N7/c30-20-3-1-17(2-4-20)24-27-23(5-7-35-24)36-28(37-27)26-21-10-18(11-22(31)25(21)38-39-26)19-9-16(12-34-13-19)14-40-8-6-29(32,33)15-40/h1-5,7,9-13H,6,8,14-15H2,(H,36,37)(H,38,39). The van der Waals surface area contributed by atoms with Gasteiger partial charge < -0.3 is 4.98 Å². The number of nitrogens with one attached hydrogen (secondary N) is 2. The average Bonchev–Trinajstić information content (AvgIpc) is 3.65. The Balaban J connectivity index is 1.27. The van der Waals surface area contributed by atoms with Gasteiger partial charge in [0.15, 0.2) is 11.6 Å². The number of fused-ring (bicyclic) bond motifs is 2. The molecule has 6 aromatic rings. The first-order chi connectivity index (χ1) is 19.3. The van der Waals surface area contributed by atoms with Gasteiger partial charge in [0.1, 0.15) is 22.5 Å². The summed E-state index contributed by atoms with van der Waals surface area (Å²) >= 11 is 0. The molecule has 2 N–H and O–H groups in total. The molecule has 0 bridgehead atoms. The van der Waals surface area contributed by atoms with E-state index in [4.69, 9.17) is 4.98 Å². The highest BCUT2D eigenvalue weighted by molar-refractivity contribution is 5.97. The van der Waals surface area contributed by atoms with Crippen LogP contribution in [-0.2, 0) is 6.54 Å². The smallest absolute Gasteiger partial charge is 0.261 e. The third-order valence-electron chi connectivity index (χ3n) is 7.15. The van der Waals surface area contributed by atoms with Crippen LogP contribution in [-0.4, -0.2) is 54.0 Å². The third kappa shape index (κ3) is 4.37. The van der Waals surface area contributed by atoms with Crippen molar-refractivity contribution in [2.24, 2.45) is 0 Å². The lowest BCUT2D eigenvalue weighted by atomic mass is 10.0. The lowest BCUT2D eigenvalue weighted by Gasteiger charge is -2.15. The molecule has 1 aliphatic rings. The van der Waals surface area contributed by atoms with Crippen LogP contribution >= 0.6 is 0 Å². The van der Waals surface area contributed by atoms with Crippen LogP contribution in [0.5, 0.6) is 0 Å². The van der Waals surface area contributed by atoms with Crippen molar-refractivity contribution in [3.63, 3.8) is 0 Å². The van der Waals surface area contributed by atoms with Crippen molar-refractivity contribution < 1.29 is 17.6 Å². The molecule has 1 fully saturated rings. The number of hydrogen-bond acceptors (Lipinski definition) is 5. The van der Waals surface area contributed by atoms with Crippen LogP contribution < -0.4 is 0 Å². The number of rotatable bonds is 5. The van der Waals surface area contributed by atoms with E-state index in [9.17, 15) is 13.2 Å². The van der Waals surface area contributed by atoms with Gasteiger partial charge in [-0.3, -0.25) is 20.0 Å². The second kappa shape index (κ2) is 9.23. The van der Waals surface area contributed by atoms with Crippen LogP contribution in [0.1, 0.15) is 12.0 Å². The molecule has 0 atom stereocenters. The maximum atomic E-state index is 15.2. The van der Waals surface area contributed by atoms with E-state index in [2.05, 4.69) is 25.1 Å². The molecule has 200 valence electrons. The van der Waals surface area contributed by atoms with Crippen LogP contribution in [0.2, 0.25) is 0 Å². The number of pyridine rings is 2. The van der Waals surface area contributed by atoms with Gasteiger partial charge in [-0.1, -0.05) is 0 Å². The summed E-state index contributed by atoms with van der Waals surface area (Å²) in [5.74, 6) is -3.11. The molecule has 0 unspecified atom stereocenters. The fraction of sp³-hybridized carbons (Fsp3) is 0.172. The quantitative estimate of drug-likeness (QED) is 0.248. The molecule has 0 spiro atoms. The van der Waals surface area contributed by atoms with E-state index in [1.165, 1.54) is 18.2 Å². The van der Waals surface area contributed by atoms with Crippen LogP contribution in [0, 0.1) is 11.6 Å². The highest BCUT2D eigenvalue weighted by atomic mass is 19.3. The molecule has 0 amide bonds. The van der Waals surface area contributed by atoms with Gasteiger partial charge >= 0.3 is 0 Å². The summed E-state index contributed by atoms with van der Waals surface area (Å²) in [5, 5.41) is 7.59. The Bertz CT molecular complexity index is 1880. The second-order valence-corrected chi connectivity index (χ2v) is 10.00. The van der Waals surface area contributed by atoms with Crippen molar-refractivity contribution in [2.45, 2.75) is 18.9 Å². The summed E-state index contributed by atoms with van der Waals surface area (Å²) in [4.78, 5) is 18.4. The second-order valence-electron chi connectivity index (χ2n) is 10.00. The maximum absolute atomic E-state index is 15.2. The third-order valence-corrected chi connectivity index (χ3v) is 7.15. The average molecular weight is 544 g/mol. The molecule has 7 rings (SSSR count). The Labute approximate surface area is 224 Å². The summed E-state index contributed by atoms with van der Waals surface area (Å²) in [7, 11) is 0. The first-order valence-corrected chi connectivity index (χ1v) is 12.7. The van der Waals surface area contributed by atoms with E-state index in [-0.39, 0.29) is 24.3 Å². The van der Waals surface area contributed by atoms with Crippen molar-refractivity contribution in [3.8, 4) is 33.9 Å². The number of aromatic nitrogens is 6. The van der Waals surface area contributed by atoms with E-state index in [0.29, 0.717) is 63.4 Å². The SMILES string of the molecule is Fc1ccc(-c2nccc3[nH]c(-c4[nH]nc5c(F)cc(-c6cncc(CN7CCC(F)(F)C7)c6)cc45)nc23)cc1. The van der Waals surface area contributed by atoms with E-state index in [0.717, 1.165) is 5.56 Å². The molecule has 40 heavy (non-hydrogen) atoms. The molecular weight excluding hydrogens is 522 g/mol. The molecule has 5 heterocycles. The number of aromatic amines is 2. The van der Waals surface area contributed by atoms with Gasteiger partial charge in [-0.25, -0.2) is 22.5 Å². The topological polar surface area (TPSA) is 86.4 Å². The molecule has 11 heteroatoms. The number of benzene rings is 2. The first-order valence-electron chi connectivity index (χ1n) is 12.7. The van der Waals surface area contributed by atoms with E-state index >= 15 is 4.39 Å². The summed E-state index contributed by atoms with van der Waals surface area (Å²) in [6.07, 6.45) is 4.73. The summed E-state index contributed by atoms with van der Waals surface area (Å²) in [5.41, 5.74) is 5.19. The molecule has 1 saturated heterocycles. The van der Waals surface area contributed by atoms with Gasteiger partial charge in [0.05, 0.1) is 17.8 Å². The van der Waals surface area contributed by atoms with Crippen LogP contribution in [0.25, 0.3) is 55.8 Å². The minimum Gasteiger partial charge on any atom is -0.337 e. The molecule has 0 saturated carbocycles. The lowest BCUT2D eigenvalue weighted by molar-refractivity contribution is 0.0115. The van der Waals surface area contributed by atoms with Crippen molar-refractivity contribution >= 4 is 21.9 Å². The van der Waals surface area contributed by atoms with Crippen LogP contribution in [0.15, 0.2) is 67.1 Å². The molecule has 4 aromatic heterocycles. The summed E-state index contributed by atoms with van der Waals surface area (Å²) in [6, 6.07) is 12.8. The Morgan fingerprint density at radius 1 is 0.925 bits per heavy atom. The monoisotopic (exact) mass is 543 g/mol. The van der Waals surface area contributed by atoms with Crippen molar-refractivity contribution in [1.29, 1.82) is 0 Å². The van der Waals surface area contributed by atoms with Crippen molar-refractivity contribution in [1.82, 2.24) is 35.0 Å². The van der Waals surface area contributed by atoms with Crippen LogP contribution in [0.4, 0.5) is 17.6 Å². The number of alkyl halides is 2. The fourth-order valence-electron chi connectivity index (χ4n) is 5.23. The van der Waals surface area contributed by atoms with E-state index in [1.807, 2.05) is 6.07 Å². The number of imidazole rings is 1. The lowest BCUT2D eigenvalue weighted by Crippen LogP contribution is -2.24. The van der Waals surface area contributed by atoms with Crippen molar-refractivity contribution in [2.75, 3.05) is 13.1 Å². The largest absolute Gasteiger partial charge is 0.337 e. The molecule has 1 aliphatic heterocycles. The Hall–Kier alpha value is -4.64. The van der Waals surface area contributed by atoms with E-state index in [1.54, 1.807) is 47.8 Å². The predicted octanol–water partition coefficient (Wildman–Crippen LogP) is 6.35. The van der Waals surface area contributed by atoms with Gasteiger partial charge in [-0.05, 0) is 59.7 Å². The molecule has 7 nitrogen and oxygen atoms in total. The number of likely N-dealkylation sites (tertiary alicyclic amines) is 1. The van der Waals surface area contributed by atoms with Gasteiger partial charge in [0.2, 0.25) is 0 Å². The van der Waals surface area contributed by atoms with Gasteiger partial charge in [-0.2, -0.15) is 5.10 Å². The minimum atomic E-state index is -2.68. The molecule has 0 aliphatic carbocycles. The zero-order valence-corrected chi connectivity index (χ0v) is 20.9. The highest BCUT2D eigenvalue weighted by Crippen LogP contribution is 2.34. The summed E-state index contributed by atoms with van der Waals surface area (Å²) < 4.78 is 56.0. The zero-order chi connectivity index (χ0) is 27.4. The molecule has 2 aromatic carbocycles. The number of halogens is 4.